The number of aryl methyl sites for hydroxylation is 1. The van der Waals surface area contributed by atoms with Crippen LogP contribution in [0, 0.1) is 6.92 Å². The molecule has 0 saturated heterocycles. The fraction of sp³-hybridized carbons (Fsp3) is 0.100. The maximum absolute atomic E-state index is 10.6. The molecule has 3 heteroatoms. The number of carbonyl (C=O) groups is 1. The van der Waals surface area contributed by atoms with Crippen molar-refractivity contribution in [3.05, 3.63) is 29.5 Å². The summed E-state index contributed by atoms with van der Waals surface area (Å²) in [7, 11) is 0. The first-order chi connectivity index (χ1) is 6.22. The number of aromatic amines is 1. The van der Waals surface area contributed by atoms with E-state index in [4.69, 9.17) is 0 Å². The summed E-state index contributed by atoms with van der Waals surface area (Å²) < 4.78 is 0. The van der Waals surface area contributed by atoms with Gasteiger partial charge in [-0.2, -0.15) is 0 Å². The predicted octanol–water partition coefficient (Wildman–Crippen LogP) is 1.99. The maximum Gasteiger partial charge on any atom is 0.166 e. The number of phenols is 1. The Morgan fingerprint density at radius 1 is 1.46 bits per heavy atom. The van der Waals surface area contributed by atoms with Crippen molar-refractivity contribution in [2.24, 2.45) is 0 Å². The van der Waals surface area contributed by atoms with E-state index < -0.39 is 0 Å². The van der Waals surface area contributed by atoms with Gasteiger partial charge in [-0.1, -0.05) is 0 Å². The first-order valence-electron chi connectivity index (χ1n) is 3.99. The fourth-order valence-corrected chi connectivity index (χ4v) is 1.45. The molecule has 1 aromatic carbocycles. The minimum absolute atomic E-state index is 0.215. The quantitative estimate of drug-likeness (QED) is 0.651. The van der Waals surface area contributed by atoms with E-state index in [1.54, 1.807) is 18.2 Å². The van der Waals surface area contributed by atoms with Gasteiger partial charge in [-0.25, -0.2) is 0 Å². The molecule has 0 spiro atoms. The van der Waals surface area contributed by atoms with Crippen molar-refractivity contribution in [2.75, 3.05) is 0 Å². The summed E-state index contributed by atoms with van der Waals surface area (Å²) in [6.07, 6.45) is 0.784. The summed E-state index contributed by atoms with van der Waals surface area (Å²) in [6.45, 7) is 1.85. The molecule has 2 aromatic rings. The third-order valence-electron chi connectivity index (χ3n) is 2.20. The number of carbonyl (C=O) groups excluding carboxylic acids is 1. The third kappa shape index (κ3) is 1.09. The van der Waals surface area contributed by atoms with Gasteiger partial charge in [-0.05, 0) is 30.7 Å². The summed E-state index contributed by atoms with van der Waals surface area (Å²) in [4.78, 5) is 13.5. The Labute approximate surface area is 75.0 Å². The molecular formula is C10H9NO2. The van der Waals surface area contributed by atoms with Crippen LogP contribution in [0.1, 0.15) is 16.1 Å². The van der Waals surface area contributed by atoms with Crippen molar-refractivity contribution in [1.82, 2.24) is 4.98 Å². The van der Waals surface area contributed by atoms with Gasteiger partial charge in [-0.3, -0.25) is 4.79 Å². The standard InChI is InChI=1S/C10H9NO2/c1-6-8-4-7(13)2-3-9(8)11-10(6)5-12/h2-5,11,13H,1H3. The van der Waals surface area contributed by atoms with Crippen LogP contribution in [0.5, 0.6) is 5.75 Å². The van der Waals surface area contributed by atoms with Gasteiger partial charge in [0.15, 0.2) is 6.29 Å². The zero-order chi connectivity index (χ0) is 9.42. The molecule has 0 fully saturated rings. The second-order valence-electron chi connectivity index (χ2n) is 3.01. The number of benzene rings is 1. The lowest BCUT2D eigenvalue weighted by molar-refractivity contribution is 0.111. The molecule has 0 radical (unpaired) electrons. The number of nitrogens with one attached hydrogen (secondary N) is 1. The van der Waals surface area contributed by atoms with Crippen molar-refractivity contribution in [1.29, 1.82) is 0 Å². The largest absolute Gasteiger partial charge is 0.508 e. The highest BCUT2D eigenvalue weighted by molar-refractivity contribution is 5.92. The van der Waals surface area contributed by atoms with E-state index in [1.165, 1.54) is 0 Å². The lowest BCUT2D eigenvalue weighted by Crippen LogP contribution is -1.80. The van der Waals surface area contributed by atoms with Crippen LogP contribution in [0.25, 0.3) is 10.9 Å². The van der Waals surface area contributed by atoms with Crippen LogP contribution < -0.4 is 0 Å². The molecule has 1 aromatic heterocycles. The van der Waals surface area contributed by atoms with E-state index in [9.17, 15) is 9.90 Å². The Hall–Kier alpha value is -1.77. The molecular weight excluding hydrogens is 166 g/mol. The molecule has 1 heterocycles. The van der Waals surface area contributed by atoms with E-state index in [2.05, 4.69) is 4.98 Å². The molecule has 0 atom stereocenters. The average Bonchev–Trinajstić information content (AvgIpc) is 2.44. The van der Waals surface area contributed by atoms with Crippen LogP contribution in [0.4, 0.5) is 0 Å². The van der Waals surface area contributed by atoms with E-state index in [1.807, 2.05) is 6.92 Å². The summed E-state index contributed by atoms with van der Waals surface area (Å²) in [5, 5.41) is 10.1. The maximum atomic E-state index is 10.6. The lowest BCUT2D eigenvalue weighted by atomic mass is 10.1. The van der Waals surface area contributed by atoms with Crippen LogP contribution in [0.3, 0.4) is 0 Å². The number of H-pyrrole nitrogens is 1. The zero-order valence-electron chi connectivity index (χ0n) is 7.16. The lowest BCUT2D eigenvalue weighted by Gasteiger charge is -1.92. The molecule has 13 heavy (non-hydrogen) atoms. The van der Waals surface area contributed by atoms with Gasteiger partial charge in [0.05, 0.1) is 5.69 Å². The van der Waals surface area contributed by atoms with Crippen molar-refractivity contribution < 1.29 is 9.90 Å². The summed E-state index contributed by atoms with van der Waals surface area (Å²) in [5.41, 5.74) is 2.32. The number of rotatable bonds is 1. The zero-order valence-corrected chi connectivity index (χ0v) is 7.16. The van der Waals surface area contributed by atoms with Gasteiger partial charge in [0, 0.05) is 10.9 Å². The molecule has 66 valence electrons. The monoisotopic (exact) mass is 175 g/mol. The van der Waals surface area contributed by atoms with Crippen LogP contribution in [0.15, 0.2) is 18.2 Å². The van der Waals surface area contributed by atoms with Gasteiger partial charge in [0.1, 0.15) is 5.75 Å². The number of hydrogen-bond donors (Lipinski definition) is 2. The van der Waals surface area contributed by atoms with Gasteiger partial charge in [0.25, 0.3) is 0 Å². The van der Waals surface area contributed by atoms with Crippen molar-refractivity contribution in [3.63, 3.8) is 0 Å². The minimum Gasteiger partial charge on any atom is -0.508 e. The van der Waals surface area contributed by atoms with E-state index in [-0.39, 0.29) is 5.75 Å². The Balaban J connectivity index is 2.84. The van der Waals surface area contributed by atoms with Crippen LogP contribution in [0.2, 0.25) is 0 Å². The van der Waals surface area contributed by atoms with E-state index >= 15 is 0 Å². The SMILES string of the molecule is Cc1c(C=O)[nH]c2ccc(O)cc12. The fourth-order valence-electron chi connectivity index (χ4n) is 1.45. The third-order valence-corrected chi connectivity index (χ3v) is 2.20. The first kappa shape index (κ1) is 7.86. The Morgan fingerprint density at radius 3 is 2.92 bits per heavy atom. The average molecular weight is 175 g/mol. The molecule has 0 aliphatic rings. The number of fused-ring (bicyclic) bond motifs is 1. The molecule has 3 nitrogen and oxygen atoms in total. The second-order valence-corrected chi connectivity index (χ2v) is 3.01. The molecule has 0 amide bonds. The molecule has 0 bridgehead atoms. The van der Waals surface area contributed by atoms with Gasteiger partial charge < -0.3 is 10.1 Å². The Morgan fingerprint density at radius 2 is 2.23 bits per heavy atom. The molecule has 0 aliphatic carbocycles. The van der Waals surface area contributed by atoms with Crippen LogP contribution in [-0.4, -0.2) is 16.4 Å². The Bertz CT molecular complexity index is 471. The topological polar surface area (TPSA) is 53.1 Å². The summed E-state index contributed by atoms with van der Waals surface area (Å²) in [6, 6.07) is 4.99. The van der Waals surface area contributed by atoms with Crippen molar-refractivity contribution in [2.45, 2.75) is 6.92 Å². The smallest absolute Gasteiger partial charge is 0.166 e. The normalized spacial score (nSPS) is 10.5. The first-order valence-corrected chi connectivity index (χ1v) is 3.99. The Kier molecular flexibility index (Phi) is 1.59. The van der Waals surface area contributed by atoms with Gasteiger partial charge >= 0.3 is 0 Å². The predicted molar refractivity (Wildman–Crippen MR) is 50.1 cm³/mol. The van der Waals surface area contributed by atoms with Gasteiger partial charge in [-0.15, -0.1) is 0 Å². The second kappa shape index (κ2) is 2.62. The molecule has 2 N–H and O–H groups in total. The summed E-state index contributed by atoms with van der Waals surface area (Å²) in [5.74, 6) is 0.215. The van der Waals surface area contributed by atoms with E-state index in [0.717, 1.165) is 22.8 Å². The highest BCUT2D eigenvalue weighted by Gasteiger charge is 2.06. The molecule has 0 aliphatic heterocycles. The molecule has 0 unspecified atom stereocenters. The minimum atomic E-state index is 0.215. The summed E-state index contributed by atoms with van der Waals surface area (Å²) >= 11 is 0. The number of aromatic nitrogens is 1. The molecule has 2 rings (SSSR count). The van der Waals surface area contributed by atoms with Gasteiger partial charge in [0.2, 0.25) is 0 Å². The highest BCUT2D eigenvalue weighted by atomic mass is 16.3. The van der Waals surface area contributed by atoms with Crippen LogP contribution >= 0.6 is 0 Å². The highest BCUT2D eigenvalue weighted by Crippen LogP contribution is 2.24. The van der Waals surface area contributed by atoms with Crippen molar-refractivity contribution >= 4 is 17.2 Å². The number of phenolic OH excluding ortho intramolecular Hbond substituents is 1. The number of aldehydes is 1. The van der Waals surface area contributed by atoms with E-state index in [0.29, 0.717) is 5.69 Å². The van der Waals surface area contributed by atoms with Crippen LogP contribution in [-0.2, 0) is 0 Å². The molecule has 0 saturated carbocycles. The van der Waals surface area contributed by atoms with Crippen molar-refractivity contribution in [3.8, 4) is 5.75 Å². The number of aromatic hydroxyl groups is 1. The number of hydrogen-bond acceptors (Lipinski definition) is 2.